The van der Waals surface area contributed by atoms with Crippen molar-refractivity contribution in [1.82, 2.24) is 9.55 Å². The van der Waals surface area contributed by atoms with Crippen molar-refractivity contribution in [2.45, 2.75) is 43.9 Å². The average Bonchev–Trinajstić information content (AvgIpc) is 2.88. The van der Waals surface area contributed by atoms with Crippen molar-refractivity contribution in [2.24, 2.45) is 22.7 Å². The lowest BCUT2D eigenvalue weighted by Crippen LogP contribution is -2.48. The third-order valence-electron chi connectivity index (χ3n) is 8.53. The Hall–Kier alpha value is -3.94. The molecule has 0 saturated heterocycles. The monoisotopic (exact) mass is 499 g/mol. The lowest BCUT2D eigenvalue weighted by molar-refractivity contribution is -0.00518. The Morgan fingerprint density at radius 3 is 2.16 bits per heavy atom. The number of rotatable bonds is 5. The maximum Gasteiger partial charge on any atom is 0.337 e. The zero-order valence-electron chi connectivity index (χ0n) is 20.6. The first kappa shape index (κ1) is 23.5. The summed E-state index contributed by atoms with van der Waals surface area (Å²) in [5.74, 6) is 1.54. The molecular formula is C29H29N3O5. The van der Waals surface area contributed by atoms with Crippen LogP contribution in [0.3, 0.4) is 0 Å². The number of aromatic nitrogens is 2. The Kier molecular flexibility index (Phi) is 5.62. The molecule has 4 aliphatic rings. The maximum absolute atomic E-state index is 12.7. The molecule has 0 aliphatic heterocycles. The summed E-state index contributed by atoms with van der Waals surface area (Å²) >= 11 is 0. The van der Waals surface area contributed by atoms with Gasteiger partial charge in [0, 0.05) is 6.21 Å². The Labute approximate surface area is 213 Å². The molecule has 0 spiro atoms. The minimum atomic E-state index is -0.737. The van der Waals surface area contributed by atoms with Crippen LogP contribution in [-0.2, 0) is 10.2 Å². The minimum Gasteiger partial charge on any atom is -0.493 e. The van der Waals surface area contributed by atoms with Crippen molar-refractivity contribution in [1.29, 1.82) is 0 Å². The fourth-order valence-electron chi connectivity index (χ4n) is 7.26. The highest BCUT2D eigenvalue weighted by atomic mass is 16.5. The molecule has 4 aliphatic carbocycles. The van der Waals surface area contributed by atoms with Gasteiger partial charge in [-0.05, 0) is 104 Å². The Bertz CT molecular complexity index is 1460. The molecular weight excluding hydrogens is 470 g/mol. The molecule has 4 fully saturated rings. The molecule has 1 aromatic heterocycles. The van der Waals surface area contributed by atoms with Crippen LogP contribution in [0, 0.1) is 17.8 Å². The van der Waals surface area contributed by atoms with Gasteiger partial charge < -0.3 is 9.84 Å². The number of H-pyrrole nitrogens is 1. The van der Waals surface area contributed by atoms with E-state index in [4.69, 9.17) is 0 Å². The predicted octanol–water partition coefficient (Wildman–Crippen LogP) is 4.24. The van der Waals surface area contributed by atoms with Crippen molar-refractivity contribution in [2.75, 3.05) is 7.11 Å². The summed E-state index contributed by atoms with van der Waals surface area (Å²) in [6, 6.07) is 14.1. The number of carbonyl (C=O) groups excluding carboxylic acids is 1. The number of hydrogen-bond donors (Lipinski definition) is 2. The third-order valence-corrected chi connectivity index (χ3v) is 8.53. The highest BCUT2D eigenvalue weighted by Gasteiger charge is 2.51. The average molecular weight is 500 g/mol. The normalized spacial score (nSPS) is 26.0. The molecule has 3 aromatic rings. The molecule has 0 amide bonds. The zero-order valence-corrected chi connectivity index (χ0v) is 20.6. The van der Waals surface area contributed by atoms with Crippen LogP contribution in [0.25, 0.3) is 5.69 Å². The van der Waals surface area contributed by atoms with Crippen molar-refractivity contribution < 1.29 is 14.6 Å². The van der Waals surface area contributed by atoms with Gasteiger partial charge in [-0.15, -0.1) is 0 Å². The van der Waals surface area contributed by atoms with Crippen LogP contribution in [0.2, 0.25) is 0 Å². The Morgan fingerprint density at radius 1 is 1.00 bits per heavy atom. The van der Waals surface area contributed by atoms with Gasteiger partial charge in [0.15, 0.2) is 0 Å². The Morgan fingerprint density at radius 2 is 1.59 bits per heavy atom. The van der Waals surface area contributed by atoms with E-state index in [2.05, 4.69) is 26.8 Å². The molecule has 190 valence electrons. The van der Waals surface area contributed by atoms with Gasteiger partial charge in [0.25, 0.3) is 5.56 Å². The summed E-state index contributed by atoms with van der Waals surface area (Å²) in [4.78, 5) is 43.3. The van der Waals surface area contributed by atoms with E-state index in [1.807, 2.05) is 12.1 Å². The second-order valence-corrected chi connectivity index (χ2v) is 10.9. The number of aliphatic imine (C=N–C) groups is 1. The van der Waals surface area contributed by atoms with E-state index in [1.54, 1.807) is 24.3 Å². The van der Waals surface area contributed by atoms with Crippen molar-refractivity contribution >= 4 is 17.9 Å². The summed E-state index contributed by atoms with van der Waals surface area (Å²) in [5.41, 5.74) is 1.25. The molecule has 2 N–H and O–H groups in total. The summed E-state index contributed by atoms with van der Waals surface area (Å²) in [7, 11) is 1.30. The molecule has 8 heteroatoms. The number of ether oxygens (including phenoxy) is 1. The predicted molar refractivity (Wildman–Crippen MR) is 139 cm³/mol. The van der Waals surface area contributed by atoms with E-state index in [9.17, 15) is 19.5 Å². The molecule has 7 rings (SSSR count). The van der Waals surface area contributed by atoms with Crippen LogP contribution in [-0.4, -0.2) is 34.0 Å². The van der Waals surface area contributed by atoms with Crippen LogP contribution >= 0.6 is 0 Å². The molecule has 0 radical (unpaired) electrons. The lowest BCUT2D eigenvalue weighted by atomic mass is 9.48. The number of methoxy groups -OCH3 is 1. The first-order valence-electron chi connectivity index (χ1n) is 12.8. The van der Waals surface area contributed by atoms with Crippen molar-refractivity contribution in [3.63, 3.8) is 0 Å². The van der Waals surface area contributed by atoms with Gasteiger partial charge in [0.1, 0.15) is 5.56 Å². The Balaban J connectivity index is 1.30. The smallest absolute Gasteiger partial charge is 0.337 e. The highest BCUT2D eigenvalue weighted by Crippen LogP contribution is 2.60. The third kappa shape index (κ3) is 4.10. The number of aromatic amines is 1. The maximum atomic E-state index is 12.7. The summed E-state index contributed by atoms with van der Waals surface area (Å²) in [6.45, 7) is 0. The highest BCUT2D eigenvalue weighted by molar-refractivity contribution is 5.90. The number of aromatic hydroxyl groups is 1. The van der Waals surface area contributed by atoms with Crippen molar-refractivity contribution in [3.8, 4) is 11.6 Å². The van der Waals surface area contributed by atoms with Crippen LogP contribution in [0.15, 0.2) is 63.1 Å². The van der Waals surface area contributed by atoms with E-state index < -0.39 is 23.1 Å². The van der Waals surface area contributed by atoms with Crippen molar-refractivity contribution in [3.05, 3.63) is 86.1 Å². The molecule has 0 unspecified atom stereocenters. The standard InChI is InChI=1S/C29H29N3O5/c1-37-27(35)20-2-6-22(7-3-20)30-16-24-25(33)31-28(36)32(26(24)34)23-8-4-21(5-9-23)29-13-17-10-18(14-29)12-19(11-17)15-29/h2-9,16-19,34H,10-15H2,1H3,(H,31,33,36). The molecule has 8 nitrogen and oxygen atoms in total. The van der Waals surface area contributed by atoms with Gasteiger partial charge in [0.05, 0.1) is 24.0 Å². The van der Waals surface area contributed by atoms with Crippen LogP contribution in [0.5, 0.6) is 5.88 Å². The zero-order chi connectivity index (χ0) is 25.7. The van der Waals surface area contributed by atoms with E-state index in [1.165, 1.54) is 57.4 Å². The summed E-state index contributed by atoms with van der Waals surface area (Å²) in [6.07, 6.45) is 9.05. The largest absolute Gasteiger partial charge is 0.493 e. The molecule has 2 aromatic carbocycles. The van der Waals surface area contributed by atoms with Gasteiger partial charge in [-0.25, -0.2) is 14.2 Å². The van der Waals surface area contributed by atoms with E-state index >= 15 is 0 Å². The van der Waals surface area contributed by atoms with Gasteiger partial charge in [0.2, 0.25) is 5.88 Å². The number of nitrogens with zero attached hydrogens (tertiary/aromatic N) is 2. The molecule has 0 atom stereocenters. The van der Waals surface area contributed by atoms with E-state index in [0.717, 1.165) is 22.3 Å². The summed E-state index contributed by atoms with van der Waals surface area (Å²) in [5, 5.41) is 10.9. The quantitative estimate of drug-likeness (QED) is 0.403. The SMILES string of the molecule is COC(=O)c1ccc(N=Cc2c(O)n(-c3ccc(C45CC6CC(CC(C6)C4)C5)cc3)c(=O)[nH]c2=O)cc1. The van der Waals surface area contributed by atoms with Gasteiger partial charge >= 0.3 is 11.7 Å². The molecule has 37 heavy (non-hydrogen) atoms. The van der Waals surface area contributed by atoms with Crippen LogP contribution < -0.4 is 11.2 Å². The number of carbonyl (C=O) groups is 1. The number of nitrogens with one attached hydrogen (secondary N) is 1. The van der Waals surface area contributed by atoms with E-state index in [-0.39, 0.29) is 11.0 Å². The van der Waals surface area contributed by atoms with Gasteiger partial charge in [-0.1, -0.05) is 12.1 Å². The van der Waals surface area contributed by atoms with Gasteiger partial charge in [-0.3, -0.25) is 14.8 Å². The van der Waals surface area contributed by atoms with Gasteiger partial charge in [-0.2, -0.15) is 0 Å². The minimum absolute atomic E-state index is 0.137. The first-order valence-corrected chi connectivity index (χ1v) is 12.8. The van der Waals surface area contributed by atoms with Crippen LogP contribution in [0.1, 0.15) is 60.0 Å². The fraction of sp³-hybridized carbons (Fsp3) is 0.379. The lowest BCUT2D eigenvalue weighted by Gasteiger charge is -2.57. The molecule has 4 saturated carbocycles. The number of benzene rings is 2. The number of esters is 1. The molecule has 4 bridgehead atoms. The second kappa shape index (κ2) is 8.87. The topological polar surface area (TPSA) is 114 Å². The van der Waals surface area contributed by atoms with Crippen LogP contribution in [0.4, 0.5) is 5.69 Å². The number of hydrogen-bond acceptors (Lipinski definition) is 6. The fourth-order valence-corrected chi connectivity index (χ4v) is 7.26. The van der Waals surface area contributed by atoms with E-state index in [0.29, 0.717) is 16.9 Å². The molecule has 1 heterocycles. The second-order valence-electron chi connectivity index (χ2n) is 10.9. The summed E-state index contributed by atoms with van der Waals surface area (Å²) < 4.78 is 5.77. The first-order chi connectivity index (χ1) is 17.8.